The van der Waals surface area contributed by atoms with Crippen molar-refractivity contribution in [3.05, 3.63) is 23.8 Å². The third-order valence-corrected chi connectivity index (χ3v) is 2.72. The number of hydrogen-bond donors (Lipinski definition) is 2. The number of hydrogen-bond acceptors (Lipinski definition) is 3. The predicted molar refractivity (Wildman–Crippen MR) is 73.8 cm³/mol. The zero-order valence-corrected chi connectivity index (χ0v) is 11.5. The largest absolute Gasteiger partial charge is 0.492 e. The van der Waals surface area contributed by atoms with Crippen LogP contribution < -0.4 is 15.8 Å². The highest BCUT2D eigenvalue weighted by molar-refractivity contribution is 5.96. The first kappa shape index (κ1) is 14.5. The second-order valence-corrected chi connectivity index (χ2v) is 4.69. The molecule has 4 heteroatoms. The fourth-order valence-corrected chi connectivity index (χ4v) is 1.53. The van der Waals surface area contributed by atoms with Gasteiger partial charge in [-0.25, -0.2) is 0 Å². The summed E-state index contributed by atoms with van der Waals surface area (Å²) in [6.45, 7) is 8.29. The van der Waals surface area contributed by atoms with Gasteiger partial charge < -0.3 is 15.8 Å². The van der Waals surface area contributed by atoms with Gasteiger partial charge in [0, 0.05) is 0 Å². The van der Waals surface area contributed by atoms with E-state index in [-0.39, 0.29) is 11.8 Å². The zero-order chi connectivity index (χ0) is 13.7. The summed E-state index contributed by atoms with van der Waals surface area (Å²) in [4.78, 5) is 11.9. The molecule has 1 unspecified atom stereocenters. The highest BCUT2D eigenvalue weighted by Gasteiger charge is 2.18. The van der Waals surface area contributed by atoms with E-state index >= 15 is 0 Å². The van der Waals surface area contributed by atoms with Crippen LogP contribution in [-0.4, -0.2) is 18.6 Å². The second-order valence-electron chi connectivity index (χ2n) is 4.69. The molecule has 0 spiro atoms. The molecular weight excluding hydrogens is 228 g/mol. The summed E-state index contributed by atoms with van der Waals surface area (Å²) in [5.41, 5.74) is 7.57. The van der Waals surface area contributed by atoms with Crippen LogP contribution in [0.3, 0.4) is 0 Å². The van der Waals surface area contributed by atoms with Gasteiger partial charge in [-0.05, 0) is 37.5 Å². The molecule has 0 bridgehead atoms. The van der Waals surface area contributed by atoms with Crippen LogP contribution in [-0.2, 0) is 4.79 Å². The Morgan fingerprint density at radius 1 is 1.44 bits per heavy atom. The zero-order valence-electron chi connectivity index (χ0n) is 11.5. The Morgan fingerprint density at radius 2 is 2.11 bits per heavy atom. The van der Waals surface area contributed by atoms with Crippen molar-refractivity contribution in [3.8, 4) is 5.75 Å². The summed E-state index contributed by atoms with van der Waals surface area (Å²) in [5, 5.41) is 2.81. The summed E-state index contributed by atoms with van der Waals surface area (Å²) in [6.07, 6.45) is 0. The van der Waals surface area contributed by atoms with Crippen LogP contribution in [0.5, 0.6) is 5.75 Å². The summed E-state index contributed by atoms with van der Waals surface area (Å²) in [6, 6.07) is 5.16. The van der Waals surface area contributed by atoms with Gasteiger partial charge in [0.05, 0.1) is 18.3 Å². The molecule has 0 saturated carbocycles. The normalized spacial score (nSPS) is 12.3. The Morgan fingerprint density at radius 3 is 2.67 bits per heavy atom. The number of benzene rings is 1. The molecule has 0 aliphatic rings. The molecule has 100 valence electrons. The van der Waals surface area contributed by atoms with Gasteiger partial charge in [-0.2, -0.15) is 0 Å². The van der Waals surface area contributed by atoms with E-state index in [1.165, 1.54) is 0 Å². The summed E-state index contributed by atoms with van der Waals surface area (Å²) >= 11 is 0. The minimum absolute atomic E-state index is 0.103. The maximum Gasteiger partial charge on any atom is 0.241 e. The van der Waals surface area contributed by atoms with E-state index in [1.54, 1.807) is 0 Å². The molecular formula is C14H22N2O2. The van der Waals surface area contributed by atoms with Crippen LogP contribution in [0.15, 0.2) is 18.2 Å². The van der Waals surface area contributed by atoms with E-state index in [2.05, 4.69) is 5.32 Å². The van der Waals surface area contributed by atoms with Crippen molar-refractivity contribution in [2.24, 2.45) is 11.7 Å². The fourth-order valence-electron chi connectivity index (χ4n) is 1.53. The molecule has 3 N–H and O–H groups in total. The number of carbonyl (C=O) groups excluding carboxylic acids is 1. The molecule has 0 aliphatic heterocycles. The van der Waals surface area contributed by atoms with Crippen LogP contribution in [0.2, 0.25) is 0 Å². The quantitative estimate of drug-likeness (QED) is 0.843. The van der Waals surface area contributed by atoms with E-state index in [9.17, 15) is 4.79 Å². The lowest BCUT2D eigenvalue weighted by Gasteiger charge is -2.17. The van der Waals surface area contributed by atoms with Gasteiger partial charge in [-0.15, -0.1) is 0 Å². The smallest absolute Gasteiger partial charge is 0.241 e. The number of amides is 1. The Bertz CT molecular complexity index is 416. The lowest BCUT2D eigenvalue weighted by Crippen LogP contribution is -2.39. The second kappa shape index (κ2) is 6.40. The number of anilines is 1. The van der Waals surface area contributed by atoms with Crippen LogP contribution in [0.25, 0.3) is 0 Å². The Labute approximate surface area is 109 Å². The SMILES string of the molecule is CCOc1cc(C)ccc1NC(=O)C(N)C(C)C. The first-order chi connectivity index (χ1) is 8.45. The van der Waals surface area contributed by atoms with Gasteiger partial charge in [0.2, 0.25) is 5.91 Å². The van der Waals surface area contributed by atoms with E-state index in [0.717, 1.165) is 5.56 Å². The van der Waals surface area contributed by atoms with E-state index < -0.39 is 6.04 Å². The van der Waals surface area contributed by atoms with Gasteiger partial charge >= 0.3 is 0 Å². The number of ether oxygens (including phenoxy) is 1. The Balaban J connectivity index is 2.86. The van der Waals surface area contributed by atoms with E-state index in [1.807, 2.05) is 45.9 Å². The van der Waals surface area contributed by atoms with Gasteiger partial charge in [-0.3, -0.25) is 4.79 Å². The van der Waals surface area contributed by atoms with Crippen LogP contribution in [0.1, 0.15) is 26.3 Å². The van der Waals surface area contributed by atoms with E-state index in [4.69, 9.17) is 10.5 Å². The minimum atomic E-state index is -0.513. The van der Waals surface area contributed by atoms with Gasteiger partial charge in [-0.1, -0.05) is 19.9 Å². The lowest BCUT2D eigenvalue weighted by molar-refractivity contribution is -0.118. The highest BCUT2D eigenvalue weighted by Crippen LogP contribution is 2.26. The van der Waals surface area contributed by atoms with Gasteiger partial charge in [0.25, 0.3) is 0 Å². The number of aryl methyl sites for hydroxylation is 1. The third kappa shape index (κ3) is 3.74. The molecule has 1 atom stereocenters. The maximum atomic E-state index is 11.9. The van der Waals surface area contributed by atoms with Crippen molar-refractivity contribution in [3.63, 3.8) is 0 Å². The molecule has 1 aromatic rings. The van der Waals surface area contributed by atoms with Crippen molar-refractivity contribution in [1.82, 2.24) is 0 Å². The predicted octanol–water partition coefficient (Wildman–Crippen LogP) is 2.32. The van der Waals surface area contributed by atoms with E-state index in [0.29, 0.717) is 18.0 Å². The molecule has 0 aromatic heterocycles. The molecule has 0 radical (unpaired) electrons. The van der Waals surface area contributed by atoms with Crippen molar-refractivity contribution in [2.45, 2.75) is 33.7 Å². The van der Waals surface area contributed by atoms with Crippen molar-refractivity contribution >= 4 is 11.6 Å². The molecule has 0 heterocycles. The topological polar surface area (TPSA) is 64.3 Å². The van der Waals surface area contributed by atoms with Crippen molar-refractivity contribution in [1.29, 1.82) is 0 Å². The summed E-state index contributed by atoms with van der Waals surface area (Å²) in [5.74, 6) is 0.600. The molecule has 0 saturated heterocycles. The summed E-state index contributed by atoms with van der Waals surface area (Å²) < 4.78 is 5.50. The van der Waals surface area contributed by atoms with Gasteiger partial charge in [0.15, 0.2) is 0 Å². The highest BCUT2D eigenvalue weighted by atomic mass is 16.5. The first-order valence-corrected chi connectivity index (χ1v) is 6.25. The van der Waals surface area contributed by atoms with Crippen molar-refractivity contribution in [2.75, 3.05) is 11.9 Å². The Kier molecular flexibility index (Phi) is 5.16. The molecule has 0 fully saturated rings. The average molecular weight is 250 g/mol. The molecule has 1 rings (SSSR count). The third-order valence-electron chi connectivity index (χ3n) is 2.72. The molecule has 0 aliphatic carbocycles. The number of nitrogens with two attached hydrogens (primary N) is 1. The number of nitrogens with one attached hydrogen (secondary N) is 1. The standard InChI is InChI=1S/C14H22N2O2/c1-5-18-12-8-10(4)6-7-11(12)16-14(17)13(15)9(2)3/h6-9,13H,5,15H2,1-4H3,(H,16,17). The lowest BCUT2D eigenvalue weighted by atomic mass is 10.0. The maximum absolute atomic E-state index is 11.9. The molecule has 4 nitrogen and oxygen atoms in total. The molecule has 18 heavy (non-hydrogen) atoms. The monoisotopic (exact) mass is 250 g/mol. The first-order valence-electron chi connectivity index (χ1n) is 6.25. The fraction of sp³-hybridized carbons (Fsp3) is 0.500. The van der Waals surface area contributed by atoms with Crippen LogP contribution in [0, 0.1) is 12.8 Å². The average Bonchev–Trinajstić information content (AvgIpc) is 2.31. The number of carbonyl (C=O) groups is 1. The Hall–Kier alpha value is -1.55. The van der Waals surface area contributed by atoms with Gasteiger partial charge in [0.1, 0.15) is 5.75 Å². The van der Waals surface area contributed by atoms with Crippen LogP contribution >= 0.6 is 0 Å². The van der Waals surface area contributed by atoms with Crippen molar-refractivity contribution < 1.29 is 9.53 Å². The molecule has 1 amide bonds. The van der Waals surface area contributed by atoms with Crippen LogP contribution in [0.4, 0.5) is 5.69 Å². The summed E-state index contributed by atoms with van der Waals surface area (Å²) in [7, 11) is 0. The minimum Gasteiger partial charge on any atom is -0.492 e. The number of rotatable bonds is 5. The molecule has 1 aromatic carbocycles.